The summed E-state index contributed by atoms with van der Waals surface area (Å²) in [7, 11) is -2.30. The summed E-state index contributed by atoms with van der Waals surface area (Å²) in [5.74, 6) is -1.89. The highest BCUT2D eigenvalue weighted by Crippen LogP contribution is 2.36. The van der Waals surface area contributed by atoms with Gasteiger partial charge in [-0.25, -0.2) is 27.2 Å². The van der Waals surface area contributed by atoms with Crippen molar-refractivity contribution >= 4 is 49.2 Å². The van der Waals surface area contributed by atoms with Crippen molar-refractivity contribution in [3.05, 3.63) is 111 Å². The summed E-state index contributed by atoms with van der Waals surface area (Å²) < 4.78 is 97.3. The molecule has 0 radical (unpaired) electrons. The van der Waals surface area contributed by atoms with Gasteiger partial charge < -0.3 is 5.73 Å². The summed E-state index contributed by atoms with van der Waals surface area (Å²) in [6.07, 6.45) is -3.95. The number of nitrogens with zero attached hydrogens (tertiary/aromatic N) is 5. The zero-order valence-electron chi connectivity index (χ0n) is 24.8. The lowest BCUT2D eigenvalue weighted by atomic mass is 10.0. The minimum Gasteiger partial charge on any atom is -0.321 e. The van der Waals surface area contributed by atoms with Crippen molar-refractivity contribution in [2.45, 2.75) is 18.6 Å². The van der Waals surface area contributed by atoms with Crippen LogP contribution in [0.25, 0.3) is 38.8 Å². The Morgan fingerprint density at radius 3 is 2.38 bits per heavy atom. The first kappa shape index (κ1) is 33.0. The lowest BCUT2D eigenvalue weighted by Gasteiger charge is -2.20. The molecule has 0 saturated carbocycles. The van der Waals surface area contributed by atoms with E-state index < -0.39 is 45.1 Å². The van der Waals surface area contributed by atoms with Crippen LogP contribution in [0.5, 0.6) is 0 Å². The molecule has 248 valence electrons. The van der Waals surface area contributed by atoms with Gasteiger partial charge in [-0.1, -0.05) is 23.7 Å². The number of benzene rings is 3. The van der Waals surface area contributed by atoms with Gasteiger partial charge in [-0.15, -0.1) is 0 Å². The van der Waals surface area contributed by atoms with Gasteiger partial charge in [0.2, 0.25) is 10.0 Å². The average Bonchev–Trinajstić information content (AvgIpc) is 3.31. The molecule has 1 atom stereocenters. The number of alkyl halides is 3. The molecule has 6 aromatic rings. The lowest BCUT2D eigenvalue weighted by Crippen LogP contribution is -2.30. The molecule has 0 unspecified atom stereocenters. The number of halogens is 6. The van der Waals surface area contributed by atoms with E-state index in [1.807, 2.05) is 0 Å². The van der Waals surface area contributed by atoms with Crippen molar-refractivity contribution in [2.24, 2.45) is 12.8 Å². The quantitative estimate of drug-likeness (QED) is 0.198. The van der Waals surface area contributed by atoms with Gasteiger partial charge >= 0.3 is 6.18 Å². The highest BCUT2D eigenvalue weighted by Gasteiger charge is 2.32. The Kier molecular flexibility index (Phi) is 8.21. The van der Waals surface area contributed by atoms with Crippen molar-refractivity contribution in [1.82, 2.24) is 24.3 Å². The normalized spacial score (nSPS) is 12.9. The number of hydrogen-bond acceptors (Lipinski definition) is 7. The summed E-state index contributed by atoms with van der Waals surface area (Å²) in [5.41, 5.74) is 5.59. The van der Waals surface area contributed by atoms with Crippen molar-refractivity contribution < 1.29 is 30.4 Å². The van der Waals surface area contributed by atoms with Crippen LogP contribution in [-0.2, 0) is 29.7 Å². The zero-order valence-corrected chi connectivity index (χ0v) is 26.4. The van der Waals surface area contributed by atoms with Crippen LogP contribution in [0.15, 0.2) is 71.5 Å². The van der Waals surface area contributed by atoms with Gasteiger partial charge in [-0.3, -0.25) is 18.8 Å². The SMILES string of the molecule is Cn1nc(NS(C)(=O)=O)c2c(Cl)ccc(-n3c([C@H](N)Cc4cc(F)cc(F)c4)nc4cc(-c5cccc(C(F)(F)F)n5)ccc4c3=O)c21. The molecular weight excluding hydrogens is 681 g/mol. The van der Waals surface area contributed by atoms with Crippen LogP contribution in [0.2, 0.25) is 5.02 Å². The van der Waals surface area contributed by atoms with E-state index in [1.165, 1.54) is 54.2 Å². The number of pyridine rings is 1. The number of rotatable bonds is 7. The third kappa shape index (κ3) is 6.33. The molecule has 0 bridgehead atoms. The van der Waals surface area contributed by atoms with Gasteiger partial charge in [0.25, 0.3) is 5.56 Å². The fourth-order valence-corrected chi connectivity index (χ4v) is 6.19. The van der Waals surface area contributed by atoms with E-state index in [-0.39, 0.29) is 67.4 Å². The first-order chi connectivity index (χ1) is 22.5. The number of nitrogens with two attached hydrogens (primary N) is 1. The molecule has 3 aromatic carbocycles. The van der Waals surface area contributed by atoms with Crippen molar-refractivity contribution in [3.63, 3.8) is 0 Å². The topological polar surface area (TPSA) is 138 Å². The number of nitrogens with one attached hydrogen (secondary N) is 1. The van der Waals surface area contributed by atoms with Crippen molar-refractivity contribution in [1.29, 1.82) is 0 Å². The molecule has 17 heteroatoms. The van der Waals surface area contributed by atoms with Crippen molar-refractivity contribution in [3.8, 4) is 16.9 Å². The molecule has 3 aromatic heterocycles. The Morgan fingerprint density at radius 1 is 1.00 bits per heavy atom. The Morgan fingerprint density at radius 2 is 1.71 bits per heavy atom. The van der Waals surface area contributed by atoms with E-state index in [4.69, 9.17) is 17.3 Å². The maximum absolute atomic E-state index is 14.3. The molecule has 0 aliphatic carbocycles. The largest absolute Gasteiger partial charge is 0.433 e. The monoisotopic (exact) mass is 703 g/mol. The van der Waals surface area contributed by atoms with Crippen LogP contribution in [0.4, 0.5) is 27.8 Å². The summed E-state index contributed by atoms with van der Waals surface area (Å²) in [5, 5.41) is 4.55. The van der Waals surface area contributed by atoms with Crippen LogP contribution in [-0.4, -0.2) is 39.0 Å². The Hall–Kier alpha value is -4.93. The number of fused-ring (bicyclic) bond motifs is 2. The molecule has 3 N–H and O–H groups in total. The second-order valence-electron chi connectivity index (χ2n) is 11.0. The maximum atomic E-state index is 14.3. The third-order valence-electron chi connectivity index (χ3n) is 7.38. The molecular formula is C31H23ClF5N7O3S. The Labute approximate surface area is 273 Å². The second kappa shape index (κ2) is 11.9. The van der Waals surface area contributed by atoms with E-state index >= 15 is 0 Å². The smallest absolute Gasteiger partial charge is 0.321 e. The third-order valence-corrected chi connectivity index (χ3v) is 8.26. The van der Waals surface area contributed by atoms with E-state index in [0.717, 1.165) is 29.0 Å². The van der Waals surface area contributed by atoms with E-state index in [9.17, 15) is 35.2 Å². The predicted octanol–water partition coefficient (Wildman–Crippen LogP) is 5.90. The molecule has 0 aliphatic rings. The first-order valence-corrected chi connectivity index (χ1v) is 16.2. The summed E-state index contributed by atoms with van der Waals surface area (Å²) in [6, 6.07) is 12.2. The van der Waals surface area contributed by atoms with Gasteiger partial charge in [0.1, 0.15) is 23.2 Å². The highest BCUT2D eigenvalue weighted by molar-refractivity contribution is 7.92. The van der Waals surface area contributed by atoms with Gasteiger partial charge in [0, 0.05) is 18.7 Å². The van der Waals surface area contributed by atoms with Crippen molar-refractivity contribution in [2.75, 3.05) is 11.0 Å². The maximum Gasteiger partial charge on any atom is 0.433 e. The summed E-state index contributed by atoms with van der Waals surface area (Å²) in [6.45, 7) is 0. The lowest BCUT2D eigenvalue weighted by molar-refractivity contribution is -0.141. The molecule has 0 spiro atoms. The van der Waals surface area contributed by atoms with Gasteiger partial charge in [0.05, 0.1) is 50.5 Å². The average molecular weight is 704 g/mol. The first-order valence-electron chi connectivity index (χ1n) is 14.0. The van der Waals surface area contributed by atoms with Gasteiger partial charge in [-0.05, 0) is 60.5 Å². The Balaban J connectivity index is 1.61. The van der Waals surface area contributed by atoms with Crippen LogP contribution >= 0.6 is 11.6 Å². The molecule has 6 rings (SSSR count). The van der Waals surface area contributed by atoms with E-state index in [0.29, 0.717) is 6.07 Å². The molecule has 10 nitrogen and oxygen atoms in total. The summed E-state index contributed by atoms with van der Waals surface area (Å²) in [4.78, 5) is 22.7. The van der Waals surface area contributed by atoms with Crippen LogP contribution in [0.3, 0.4) is 0 Å². The second-order valence-corrected chi connectivity index (χ2v) is 13.1. The minimum absolute atomic E-state index is 0.0287. The molecule has 0 aliphatic heterocycles. The molecule has 0 amide bonds. The molecule has 0 saturated heterocycles. The molecule has 3 heterocycles. The summed E-state index contributed by atoms with van der Waals surface area (Å²) >= 11 is 6.49. The van der Waals surface area contributed by atoms with E-state index in [2.05, 4.69) is 19.8 Å². The zero-order chi connectivity index (χ0) is 34.7. The molecule has 48 heavy (non-hydrogen) atoms. The standard InChI is InChI=1S/C31H23ClF5N7O3S/c1-43-27-24(9-8-20(32)26(27)28(41-43)42-48(2,46)47)44-29(21(38)12-15-10-17(33)14-18(34)11-15)40-23-13-16(6-7-19(23)30(44)45)22-4-3-5-25(39-22)31(35,36)37/h3-11,13-14,21H,12,38H2,1-2H3,(H,41,42)/t21-/m1/s1. The number of anilines is 1. The highest BCUT2D eigenvalue weighted by atomic mass is 35.5. The molecule has 0 fully saturated rings. The number of aromatic nitrogens is 5. The van der Waals surface area contributed by atoms with E-state index in [1.54, 1.807) is 0 Å². The van der Waals surface area contributed by atoms with Crippen LogP contribution < -0.4 is 16.0 Å². The number of sulfonamides is 1. The predicted molar refractivity (Wildman–Crippen MR) is 170 cm³/mol. The fourth-order valence-electron chi connectivity index (χ4n) is 5.46. The fraction of sp³-hybridized carbons (Fsp3) is 0.161. The van der Waals surface area contributed by atoms with Gasteiger partial charge in [0.15, 0.2) is 5.82 Å². The number of aryl methyl sites for hydroxylation is 1. The van der Waals surface area contributed by atoms with Gasteiger partial charge in [-0.2, -0.15) is 18.3 Å². The van der Waals surface area contributed by atoms with Crippen LogP contribution in [0, 0.1) is 11.6 Å². The van der Waals surface area contributed by atoms with Crippen LogP contribution in [0.1, 0.15) is 23.1 Å². The number of hydrogen-bond donors (Lipinski definition) is 2. The minimum atomic E-state index is -4.69. The Bertz CT molecular complexity index is 2410.